The van der Waals surface area contributed by atoms with Crippen molar-refractivity contribution in [1.29, 1.82) is 0 Å². The van der Waals surface area contributed by atoms with Gasteiger partial charge in [0.25, 0.3) is 0 Å². The van der Waals surface area contributed by atoms with Crippen LogP contribution in [0, 0.1) is 0 Å². The molecule has 0 saturated carbocycles. The van der Waals surface area contributed by atoms with Crippen molar-refractivity contribution in [3.8, 4) is 12.0 Å². The summed E-state index contributed by atoms with van der Waals surface area (Å²) in [5, 5.41) is 3.15. The predicted molar refractivity (Wildman–Crippen MR) is 86.0 cm³/mol. The van der Waals surface area contributed by atoms with Crippen molar-refractivity contribution in [2.45, 2.75) is 33.6 Å². The Morgan fingerprint density at radius 3 is 1.91 bits per heavy atom. The lowest BCUT2D eigenvalue weighted by molar-refractivity contribution is 0.280. The van der Waals surface area contributed by atoms with Crippen molar-refractivity contribution in [1.82, 2.24) is 15.0 Å². The fourth-order valence-corrected chi connectivity index (χ4v) is 1.86. The zero-order valence-electron chi connectivity index (χ0n) is 13.5. The molecule has 0 aliphatic carbocycles. The Kier molecular flexibility index (Phi) is 5.52. The summed E-state index contributed by atoms with van der Waals surface area (Å²) in [7, 11) is 0. The quantitative estimate of drug-likeness (QED) is 0.843. The Morgan fingerprint density at radius 1 is 0.909 bits per heavy atom. The van der Waals surface area contributed by atoms with Crippen LogP contribution >= 0.6 is 0 Å². The fraction of sp³-hybridized carbons (Fsp3) is 0.438. The first-order chi connectivity index (χ1) is 10.6. The third-order valence-electron chi connectivity index (χ3n) is 2.97. The van der Waals surface area contributed by atoms with Crippen LogP contribution in [-0.2, 0) is 0 Å². The maximum atomic E-state index is 5.34. The number of benzene rings is 1. The first-order valence-electron chi connectivity index (χ1n) is 7.51. The van der Waals surface area contributed by atoms with E-state index in [1.54, 1.807) is 0 Å². The summed E-state index contributed by atoms with van der Waals surface area (Å²) in [5.41, 5.74) is 2.19. The molecule has 6 heteroatoms. The molecule has 2 aromatic rings. The van der Waals surface area contributed by atoms with Gasteiger partial charge >= 0.3 is 12.0 Å². The lowest BCUT2D eigenvalue weighted by Crippen LogP contribution is -2.06. The van der Waals surface area contributed by atoms with Gasteiger partial charge in [0.15, 0.2) is 0 Å². The molecule has 0 aliphatic heterocycles. The van der Waals surface area contributed by atoms with Crippen LogP contribution in [0.15, 0.2) is 24.3 Å². The highest BCUT2D eigenvalue weighted by Crippen LogP contribution is 2.20. The highest BCUT2D eigenvalue weighted by Gasteiger charge is 2.08. The van der Waals surface area contributed by atoms with Gasteiger partial charge in [-0.15, -0.1) is 4.98 Å². The van der Waals surface area contributed by atoms with Crippen LogP contribution in [0.1, 0.15) is 39.2 Å². The number of aromatic nitrogens is 3. The average molecular weight is 302 g/mol. The molecule has 0 amide bonds. The van der Waals surface area contributed by atoms with Crippen LogP contribution in [0.25, 0.3) is 0 Å². The highest BCUT2D eigenvalue weighted by atomic mass is 16.5. The second-order valence-corrected chi connectivity index (χ2v) is 4.99. The Morgan fingerprint density at radius 2 is 1.45 bits per heavy atom. The molecule has 0 unspecified atom stereocenters. The Balaban J connectivity index is 2.19. The van der Waals surface area contributed by atoms with Gasteiger partial charge in [0, 0.05) is 5.69 Å². The van der Waals surface area contributed by atoms with Crippen molar-refractivity contribution in [3.63, 3.8) is 0 Å². The summed E-state index contributed by atoms with van der Waals surface area (Å²) < 4.78 is 10.7. The number of nitrogens with one attached hydrogen (secondary N) is 1. The molecular weight excluding hydrogens is 280 g/mol. The monoisotopic (exact) mass is 302 g/mol. The first-order valence-corrected chi connectivity index (χ1v) is 7.51. The van der Waals surface area contributed by atoms with Crippen molar-refractivity contribution in [2.75, 3.05) is 18.5 Å². The number of rotatable bonds is 7. The molecule has 118 valence electrons. The summed E-state index contributed by atoms with van der Waals surface area (Å²) in [6, 6.07) is 8.67. The summed E-state index contributed by atoms with van der Waals surface area (Å²) in [4.78, 5) is 12.5. The molecule has 2 rings (SSSR count). The third kappa shape index (κ3) is 4.31. The standard InChI is InChI=1S/C16H22N4O2/c1-5-21-15-18-14(19-16(20-15)22-6-2)17-13-9-7-12(8-10-13)11(3)4/h7-11H,5-6H2,1-4H3,(H,17,18,19,20). The summed E-state index contributed by atoms with van der Waals surface area (Å²) >= 11 is 0. The van der Waals surface area contributed by atoms with Crippen LogP contribution < -0.4 is 14.8 Å². The van der Waals surface area contributed by atoms with Gasteiger partial charge in [0.1, 0.15) is 0 Å². The topological polar surface area (TPSA) is 69.2 Å². The number of nitrogens with zero attached hydrogens (tertiary/aromatic N) is 3. The van der Waals surface area contributed by atoms with Gasteiger partial charge in [0.05, 0.1) is 13.2 Å². The molecule has 1 aromatic heterocycles. The third-order valence-corrected chi connectivity index (χ3v) is 2.97. The first kappa shape index (κ1) is 16.0. The van der Waals surface area contributed by atoms with Crippen LogP contribution in [0.5, 0.6) is 12.0 Å². The van der Waals surface area contributed by atoms with Crippen molar-refractivity contribution in [3.05, 3.63) is 29.8 Å². The second kappa shape index (κ2) is 7.59. The molecule has 0 bridgehead atoms. The second-order valence-electron chi connectivity index (χ2n) is 4.99. The van der Waals surface area contributed by atoms with Crippen molar-refractivity contribution >= 4 is 11.6 Å². The number of hydrogen-bond donors (Lipinski definition) is 1. The van der Waals surface area contributed by atoms with E-state index >= 15 is 0 Å². The Labute approximate surface area is 130 Å². The van der Waals surface area contributed by atoms with Gasteiger partial charge in [-0.05, 0) is 37.5 Å². The summed E-state index contributed by atoms with van der Waals surface area (Å²) in [6.45, 7) is 9.05. The van der Waals surface area contributed by atoms with E-state index in [4.69, 9.17) is 9.47 Å². The lowest BCUT2D eigenvalue weighted by atomic mass is 10.0. The fourth-order valence-electron chi connectivity index (χ4n) is 1.86. The molecule has 0 fully saturated rings. The normalized spacial score (nSPS) is 10.6. The van der Waals surface area contributed by atoms with E-state index < -0.39 is 0 Å². The molecule has 6 nitrogen and oxygen atoms in total. The Hall–Kier alpha value is -2.37. The molecule has 0 saturated heterocycles. The largest absolute Gasteiger partial charge is 0.464 e. The van der Waals surface area contributed by atoms with Crippen molar-refractivity contribution in [2.24, 2.45) is 0 Å². The maximum Gasteiger partial charge on any atom is 0.324 e. The minimum atomic E-state index is 0.252. The van der Waals surface area contributed by atoms with E-state index in [0.717, 1.165) is 5.69 Å². The van der Waals surface area contributed by atoms with Gasteiger partial charge in [-0.25, -0.2) is 0 Å². The van der Waals surface area contributed by atoms with E-state index in [9.17, 15) is 0 Å². The molecule has 0 atom stereocenters. The summed E-state index contributed by atoms with van der Waals surface area (Å²) in [6.07, 6.45) is 0. The van der Waals surface area contributed by atoms with Gasteiger partial charge in [0.2, 0.25) is 5.95 Å². The van der Waals surface area contributed by atoms with Crippen LogP contribution in [0.2, 0.25) is 0 Å². The SMILES string of the molecule is CCOc1nc(Nc2ccc(C(C)C)cc2)nc(OCC)n1. The molecule has 1 heterocycles. The van der Waals surface area contributed by atoms with Crippen LogP contribution in [0.3, 0.4) is 0 Å². The predicted octanol–water partition coefficient (Wildman–Crippen LogP) is 3.54. The summed E-state index contributed by atoms with van der Waals surface area (Å²) in [5.74, 6) is 0.902. The molecule has 0 spiro atoms. The molecule has 22 heavy (non-hydrogen) atoms. The maximum absolute atomic E-state index is 5.34. The van der Waals surface area contributed by atoms with Crippen LogP contribution in [0.4, 0.5) is 11.6 Å². The number of anilines is 2. The number of hydrogen-bond acceptors (Lipinski definition) is 6. The Bertz CT molecular complexity index is 575. The minimum Gasteiger partial charge on any atom is -0.464 e. The zero-order chi connectivity index (χ0) is 15.9. The average Bonchev–Trinajstić information content (AvgIpc) is 2.48. The minimum absolute atomic E-state index is 0.252. The van der Waals surface area contributed by atoms with E-state index in [2.05, 4.69) is 46.2 Å². The van der Waals surface area contributed by atoms with Gasteiger partial charge in [-0.2, -0.15) is 9.97 Å². The van der Waals surface area contributed by atoms with Gasteiger partial charge < -0.3 is 14.8 Å². The molecule has 1 aromatic carbocycles. The molecular formula is C16H22N4O2. The van der Waals surface area contributed by atoms with Crippen LogP contribution in [-0.4, -0.2) is 28.2 Å². The van der Waals surface area contributed by atoms with Crippen molar-refractivity contribution < 1.29 is 9.47 Å². The zero-order valence-corrected chi connectivity index (χ0v) is 13.5. The van der Waals surface area contributed by atoms with Gasteiger partial charge in [-0.1, -0.05) is 26.0 Å². The van der Waals surface area contributed by atoms with Gasteiger partial charge in [-0.3, -0.25) is 0 Å². The van der Waals surface area contributed by atoms with E-state index in [0.29, 0.717) is 25.1 Å². The molecule has 0 aliphatic rings. The molecule has 0 radical (unpaired) electrons. The van der Waals surface area contributed by atoms with E-state index in [-0.39, 0.29) is 12.0 Å². The highest BCUT2D eigenvalue weighted by molar-refractivity contribution is 5.54. The molecule has 1 N–H and O–H groups in total. The van der Waals surface area contributed by atoms with E-state index in [1.165, 1.54) is 5.56 Å². The smallest absolute Gasteiger partial charge is 0.324 e. The lowest BCUT2D eigenvalue weighted by Gasteiger charge is -2.10. The number of ether oxygens (including phenoxy) is 2. The van der Waals surface area contributed by atoms with E-state index in [1.807, 2.05) is 26.0 Å².